The summed E-state index contributed by atoms with van der Waals surface area (Å²) in [6.07, 6.45) is 0.201. The smallest absolute Gasteiger partial charge is 0.411 e. The van der Waals surface area contributed by atoms with E-state index in [0.29, 0.717) is 12.1 Å². The van der Waals surface area contributed by atoms with Gasteiger partial charge in [0.2, 0.25) is 0 Å². The first-order valence-corrected chi connectivity index (χ1v) is 6.94. The van der Waals surface area contributed by atoms with Crippen molar-refractivity contribution in [3.05, 3.63) is 65.7 Å². The highest BCUT2D eigenvalue weighted by Crippen LogP contribution is 2.10. The van der Waals surface area contributed by atoms with Crippen LogP contribution in [0.1, 0.15) is 11.1 Å². The van der Waals surface area contributed by atoms with Crippen molar-refractivity contribution in [2.75, 3.05) is 11.9 Å². The summed E-state index contributed by atoms with van der Waals surface area (Å²) in [5.41, 5.74) is 9.09. The van der Waals surface area contributed by atoms with Crippen molar-refractivity contribution in [3.63, 3.8) is 0 Å². The third-order valence-electron chi connectivity index (χ3n) is 3.19. The van der Waals surface area contributed by atoms with E-state index >= 15 is 0 Å². The number of benzene rings is 2. The Bertz CT molecular complexity index is 584. The lowest BCUT2D eigenvalue weighted by Crippen LogP contribution is -2.31. The van der Waals surface area contributed by atoms with Crippen LogP contribution in [0.15, 0.2) is 54.6 Å². The molecule has 0 radical (unpaired) electrons. The molecule has 21 heavy (non-hydrogen) atoms. The maximum Gasteiger partial charge on any atom is 0.411 e. The molecule has 0 aliphatic rings. The number of nitrogens with one attached hydrogen (secondary N) is 1. The van der Waals surface area contributed by atoms with E-state index in [1.54, 1.807) is 12.1 Å². The van der Waals surface area contributed by atoms with Gasteiger partial charge in [-0.2, -0.15) is 0 Å². The zero-order valence-corrected chi connectivity index (χ0v) is 12.1. The number of rotatable bonds is 5. The fraction of sp³-hybridized carbons (Fsp3) is 0.235. The predicted octanol–water partition coefficient (Wildman–Crippen LogP) is 3.11. The van der Waals surface area contributed by atoms with Gasteiger partial charge in [0.05, 0.1) is 0 Å². The molecule has 4 nitrogen and oxygen atoms in total. The van der Waals surface area contributed by atoms with Crippen LogP contribution in [0.3, 0.4) is 0 Å². The number of hydrogen-bond acceptors (Lipinski definition) is 3. The first kappa shape index (κ1) is 15.1. The molecule has 0 aliphatic carbocycles. The summed E-state index contributed by atoms with van der Waals surface area (Å²) in [6.45, 7) is 2.23. The largest absolute Gasteiger partial charge is 0.448 e. The number of nitrogens with two attached hydrogens (primary N) is 1. The van der Waals surface area contributed by atoms with Gasteiger partial charge in [0.25, 0.3) is 0 Å². The number of carbonyl (C=O) groups is 1. The van der Waals surface area contributed by atoms with E-state index in [9.17, 15) is 4.79 Å². The summed E-state index contributed by atoms with van der Waals surface area (Å²) in [5, 5.41) is 2.66. The van der Waals surface area contributed by atoms with Gasteiger partial charge in [0, 0.05) is 11.7 Å². The lowest BCUT2D eigenvalue weighted by Gasteiger charge is -2.14. The highest BCUT2D eigenvalue weighted by Gasteiger charge is 2.09. The fourth-order valence-electron chi connectivity index (χ4n) is 2.04. The molecule has 0 bridgehead atoms. The van der Waals surface area contributed by atoms with Crippen LogP contribution in [0.4, 0.5) is 10.5 Å². The highest BCUT2D eigenvalue weighted by molar-refractivity contribution is 5.84. The van der Waals surface area contributed by atoms with Crippen LogP contribution < -0.4 is 11.1 Å². The monoisotopic (exact) mass is 284 g/mol. The first-order valence-electron chi connectivity index (χ1n) is 6.94. The third-order valence-corrected chi connectivity index (χ3v) is 3.19. The Balaban J connectivity index is 1.77. The van der Waals surface area contributed by atoms with Gasteiger partial charge in [-0.3, -0.25) is 5.32 Å². The number of carbonyl (C=O) groups excluding carboxylic acids is 1. The van der Waals surface area contributed by atoms with E-state index in [-0.39, 0.29) is 12.6 Å². The Morgan fingerprint density at radius 1 is 1.14 bits per heavy atom. The second-order valence-electron chi connectivity index (χ2n) is 4.98. The molecule has 110 valence electrons. The van der Waals surface area contributed by atoms with E-state index in [1.165, 1.54) is 11.1 Å². The molecule has 0 saturated carbocycles. The Labute approximate surface area is 124 Å². The van der Waals surface area contributed by atoms with Crippen LogP contribution >= 0.6 is 0 Å². The van der Waals surface area contributed by atoms with Crippen LogP contribution in [-0.4, -0.2) is 18.7 Å². The van der Waals surface area contributed by atoms with Crippen molar-refractivity contribution < 1.29 is 9.53 Å². The molecule has 0 fully saturated rings. The van der Waals surface area contributed by atoms with Crippen LogP contribution in [0.25, 0.3) is 0 Å². The van der Waals surface area contributed by atoms with Gasteiger partial charge in [-0.05, 0) is 36.6 Å². The van der Waals surface area contributed by atoms with Gasteiger partial charge in [-0.25, -0.2) is 4.79 Å². The Kier molecular flexibility index (Phi) is 5.35. The topological polar surface area (TPSA) is 64.3 Å². The standard InChI is InChI=1S/C17H20N2O2/c1-13-7-5-6-8-14(13)11-15(18)12-21-17(20)19-16-9-3-2-4-10-16/h2-10,15H,11-12,18H2,1H3,(H,19,20). The molecule has 4 heteroatoms. The van der Waals surface area contributed by atoms with Gasteiger partial charge in [-0.1, -0.05) is 42.5 Å². The SMILES string of the molecule is Cc1ccccc1CC(N)COC(=O)Nc1ccccc1. The number of anilines is 1. The maximum atomic E-state index is 11.6. The molecule has 1 unspecified atom stereocenters. The zero-order chi connectivity index (χ0) is 15.1. The lowest BCUT2D eigenvalue weighted by molar-refractivity contribution is 0.154. The lowest BCUT2D eigenvalue weighted by atomic mass is 10.0. The van der Waals surface area contributed by atoms with Gasteiger partial charge in [-0.15, -0.1) is 0 Å². The summed E-state index contributed by atoms with van der Waals surface area (Å²) < 4.78 is 5.14. The van der Waals surface area contributed by atoms with Crippen molar-refractivity contribution in [2.24, 2.45) is 5.73 Å². The minimum absolute atomic E-state index is 0.188. The van der Waals surface area contributed by atoms with Crippen LogP contribution in [0.2, 0.25) is 0 Å². The average Bonchev–Trinajstić information content (AvgIpc) is 2.49. The molecule has 0 aliphatic heterocycles. The van der Waals surface area contributed by atoms with E-state index in [2.05, 4.69) is 5.32 Å². The molecule has 0 heterocycles. The van der Waals surface area contributed by atoms with Crippen molar-refractivity contribution in [3.8, 4) is 0 Å². The summed E-state index contributed by atoms with van der Waals surface area (Å²) in [7, 11) is 0. The van der Waals surface area contributed by atoms with Gasteiger partial charge < -0.3 is 10.5 Å². The maximum absolute atomic E-state index is 11.6. The molecule has 2 aromatic rings. The zero-order valence-electron chi connectivity index (χ0n) is 12.1. The molecule has 1 amide bonds. The van der Waals surface area contributed by atoms with Crippen molar-refractivity contribution in [1.82, 2.24) is 0 Å². The number of aryl methyl sites for hydroxylation is 1. The summed E-state index contributed by atoms with van der Waals surface area (Å²) >= 11 is 0. The van der Waals surface area contributed by atoms with Crippen LogP contribution in [0, 0.1) is 6.92 Å². The molecule has 3 N–H and O–H groups in total. The summed E-state index contributed by atoms with van der Waals surface area (Å²) in [4.78, 5) is 11.6. The highest BCUT2D eigenvalue weighted by atomic mass is 16.5. The number of para-hydroxylation sites is 1. The molecule has 2 rings (SSSR count). The van der Waals surface area contributed by atoms with Crippen molar-refractivity contribution >= 4 is 11.8 Å². The molecule has 0 aromatic heterocycles. The van der Waals surface area contributed by atoms with Gasteiger partial charge in [0.15, 0.2) is 0 Å². The quantitative estimate of drug-likeness (QED) is 0.886. The van der Waals surface area contributed by atoms with Gasteiger partial charge in [0.1, 0.15) is 6.61 Å². The van der Waals surface area contributed by atoms with Crippen molar-refractivity contribution in [1.29, 1.82) is 0 Å². The van der Waals surface area contributed by atoms with E-state index in [0.717, 1.165) is 0 Å². The van der Waals surface area contributed by atoms with E-state index in [4.69, 9.17) is 10.5 Å². The molecule has 1 atom stereocenters. The molecular weight excluding hydrogens is 264 g/mol. The molecular formula is C17H20N2O2. The molecule has 0 spiro atoms. The fourth-order valence-corrected chi connectivity index (χ4v) is 2.04. The summed E-state index contributed by atoms with van der Waals surface area (Å²) in [5.74, 6) is 0. The van der Waals surface area contributed by atoms with Crippen LogP contribution in [0.5, 0.6) is 0 Å². The summed E-state index contributed by atoms with van der Waals surface area (Å²) in [6, 6.07) is 17.0. The average molecular weight is 284 g/mol. The minimum atomic E-state index is -0.485. The Morgan fingerprint density at radius 2 is 1.81 bits per heavy atom. The van der Waals surface area contributed by atoms with Crippen LogP contribution in [-0.2, 0) is 11.2 Å². The number of ether oxygens (including phenoxy) is 1. The third kappa shape index (κ3) is 4.93. The second-order valence-corrected chi connectivity index (χ2v) is 4.98. The van der Waals surface area contributed by atoms with Crippen molar-refractivity contribution in [2.45, 2.75) is 19.4 Å². The number of amides is 1. The minimum Gasteiger partial charge on any atom is -0.448 e. The molecule has 0 saturated heterocycles. The predicted molar refractivity (Wildman–Crippen MR) is 84.3 cm³/mol. The Morgan fingerprint density at radius 3 is 2.52 bits per heavy atom. The van der Waals surface area contributed by atoms with E-state index < -0.39 is 6.09 Å². The molecule has 2 aromatic carbocycles. The first-order chi connectivity index (χ1) is 10.1. The van der Waals surface area contributed by atoms with E-state index in [1.807, 2.05) is 49.4 Å². The second kappa shape index (κ2) is 7.45. The Hall–Kier alpha value is -2.33. The normalized spacial score (nSPS) is 11.7. The number of hydrogen-bond donors (Lipinski definition) is 2. The van der Waals surface area contributed by atoms with Gasteiger partial charge >= 0.3 is 6.09 Å².